The molecule has 7 nitrogen and oxygen atoms in total. The van der Waals surface area contributed by atoms with Gasteiger partial charge >= 0.3 is 18.4 Å². The van der Waals surface area contributed by atoms with Crippen molar-refractivity contribution in [1.82, 2.24) is 5.32 Å². The molecule has 1 aliphatic heterocycles. The van der Waals surface area contributed by atoms with E-state index in [0.29, 0.717) is 6.42 Å². The van der Waals surface area contributed by atoms with E-state index in [4.69, 9.17) is 9.47 Å². The Bertz CT molecular complexity index is 1210. The molecule has 1 N–H and O–H groups in total. The summed E-state index contributed by atoms with van der Waals surface area (Å²) in [5.74, 6) is -4.45. The molecule has 0 aromatic heterocycles. The number of ether oxygens (including phenoxy) is 4. The molecule has 0 atom stereocenters. The zero-order valence-electron chi connectivity index (χ0n) is 20.6. The Balaban J connectivity index is 1.55. The van der Waals surface area contributed by atoms with Crippen LogP contribution in [0.25, 0.3) is 0 Å². The fourth-order valence-electron chi connectivity index (χ4n) is 4.71. The Hall–Kier alpha value is -3.57. The van der Waals surface area contributed by atoms with Crippen LogP contribution in [0, 0.1) is 12.8 Å². The number of methoxy groups -OCH3 is 1. The Morgan fingerprint density at radius 3 is 2.45 bits per heavy atom. The second-order valence-corrected chi connectivity index (χ2v) is 9.40. The molecule has 0 radical (unpaired) electrons. The van der Waals surface area contributed by atoms with E-state index in [-0.39, 0.29) is 43.6 Å². The van der Waals surface area contributed by atoms with Crippen LogP contribution in [0.1, 0.15) is 47.2 Å². The van der Waals surface area contributed by atoms with Gasteiger partial charge in [0.15, 0.2) is 11.5 Å². The summed E-state index contributed by atoms with van der Waals surface area (Å²) in [6.45, 7) is 1.98. The van der Waals surface area contributed by atoms with Crippen molar-refractivity contribution < 1.29 is 50.5 Å². The molecule has 206 valence electrons. The van der Waals surface area contributed by atoms with Crippen LogP contribution in [0.3, 0.4) is 0 Å². The van der Waals surface area contributed by atoms with E-state index in [1.54, 1.807) is 0 Å². The van der Waals surface area contributed by atoms with Crippen molar-refractivity contribution in [2.75, 3.05) is 13.7 Å². The highest BCUT2D eigenvalue weighted by atomic mass is 19.4. The molecule has 0 saturated heterocycles. The first kappa shape index (κ1) is 27.5. The normalized spacial score (nSPS) is 22.0. The van der Waals surface area contributed by atoms with E-state index in [1.165, 1.54) is 0 Å². The third-order valence-electron chi connectivity index (χ3n) is 6.69. The maximum Gasteiger partial charge on any atom is 0.586 e. The van der Waals surface area contributed by atoms with Crippen molar-refractivity contribution in [2.24, 2.45) is 5.92 Å². The minimum Gasteiger partial charge on any atom is -0.489 e. The van der Waals surface area contributed by atoms with Crippen LogP contribution in [0.2, 0.25) is 0 Å². The lowest BCUT2D eigenvalue weighted by atomic mass is 9.76. The van der Waals surface area contributed by atoms with Crippen molar-refractivity contribution in [2.45, 2.75) is 57.0 Å². The number of hydrogen-bond donors (Lipinski definition) is 1. The van der Waals surface area contributed by atoms with Gasteiger partial charge < -0.3 is 24.3 Å². The first-order chi connectivity index (χ1) is 17.8. The lowest BCUT2D eigenvalue weighted by Gasteiger charge is -2.38. The van der Waals surface area contributed by atoms with Crippen LogP contribution in [0.15, 0.2) is 36.4 Å². The number of carbonyl (C=O) groups is 2. The molecule has 0 unspecified atom stereocenters. The SMILES string of the molecule is COC(=O)[C@]1(NC(=O)c2cc(OCCc3cccc(C)c3)c3c(c2)OC(F)(F)O3)CC[C@H](C(F)(F)F)CC1. The lowest BCUT2D eigenvalue weighted by Crippen LogP contribution is -2.57. The number of rotatable bonds is 7. The first-order valence-electron chi connectivity index (χ1n) is 11.9. The number of amides is 1. The van der Waals surface area contributed by atoms with Gasteiger partial charge in [-0.2, -0.15) is 13.2 Å². The van der Waals surface area contributed by atoms with Gasteiger partial charge in [0, 0.05) is 12.0 Å². The fraction of sp³-hybridized carbons (Fsp3) is 0.462. The molecule has 12 heteroatoms. The Morgan fingerprint density at radius 2 is 1.82 bits per heavy atom. The molecular weight excluding hydrogens is 517 g/mol. The summed E-state index contributed by atoms with van der Waals surface area (Å²) in [6.07, 6.45) is -9.39. The number of alkyl halides is 5. The maximum absolute atomic E-state index is 13.8. The summed E-state index contributed by atoms with van der Waals surface area (Å²) < 4.78 is 86.7. The Kier molecular flexibility index (Phi) is 7.44. The molecule has 1 amide bonds. The van der Waals surface area contributed by atoms with Crippen LogP contribution < -0.4 is 19.5 Å². The van der Waals surface area contributed by atoms with Crippen LogP contribution >= 0.6 is 0 Å². The molecule has 0 spiro atoms. The van der Waals surface area contributed by atoms with E-state index in [9.17, 15) is 31.5 Å². The highest BCUT2D eigenvalue weighted by Crippen LogP contribution is 2.48. The van der Waals surface area contributed by atoms with Crippen molar-refractivity contribution in [3.8, 4) is 17.2 Å². The van der Waals surface area contributed by atoms with Gasteiger partial charge in [-0.3, -0.25) is 4.79 Å². The third kappa shape index (κ3) is 5.94. The van der Waals surface area contributed by atoms with Crippen LogP contribution in [-0.4, -0.2) is 43.6 Å². The second kappa shape index (κ2) is 10.3. The molecule has 1 fully saturated rings. The van der Waals surface area contributed by atoms with E-state index in [1.807, 2.05) is 31.2 Å². The highest BCUT2D eigenvalue weighted by Gasteiger charge is 2.51. The summed E-state index contributed by atoms with van der Waals surface area (Å²) >= 11 is 0. The molecule has 1 aliphatic carbocycles. The first-order valence-corrected chi connectivity index (χ1v) is 11.9. The van der Waals surface area contributed by atoms with Gasteiger partial charge in [-0.25, -0.2) is 4.79 Å². The number of hydrogen-bond acceptors (Lipinski definition) is 6. The van der Waals surface area contributed by atoms with Crippen molar-refractivity contribution in [3.63, 3.8) is 0 Å². The predicted octanol–water partition coefficient (Wildman–Crippen LogP) is 5.33. The summed E-state index contributed by atoms with van der Waals surface area (Å²) in [7, 11) is 1.06. The minimum absolute atomic E-state index is 0.0564. The summed E-state index contributed by atoms with van der Waals surface area (Å²) in [6, 6.07) is 9.74. The molecule has 38 heavy (non-hydrogen) atoms. The summed E-state index contributed by atoms with van der Waals surface area (Å²) in [5.41, 5.74) is 0.0478. The third-order valence-corrected chi connectivity index (χ3v) is 6.69. The van der Waals surface area contributed by atoms with Gasteiger partial charge in [0.05, 0.1) is 19.6 Å². The fourth-order valence-corrected chi connectivity index (χ4v) is 4.71. The number of aryl methyl sites for hydroxylation is 1. The van der Waals surface area contributed by atoms with Crippen LogP contribution in [0.5, 0.6) is 17.2 Å². The molecule has 4 rings (SSSR count). The van der Waals surface area contributed by atoms with Crippen molar-refractivity contribution >= 4 is 11.9 Å². The molecular formula is C26H26F5NO6. The second-order valence-electron chi connectivity index (χ2n) is 9.40. The maximum atomic E-state index is 13.8. The van der Waals surface area contributed by atoms with Gasteiger partial charge in [0.1, 0.15) is 5.54 Å². The topological polar surface area (TPSA) is 83.1 Å². The quantitative estimate of drug-likeness (QED) is 0.376. The van der Waals surface area contributed by atoms with E-state index >= 15 is 0 Å². The van der Waals surface area contributed by atoms with Crippen LogP contribution in [0.4, 0.5) is 22.0 Å². The Morgan fingerprint density at radius 1 is 1.11 bits per heavy atom. The average molecular weight is 543 g/mol. The van der Waals surface area contributed by atoms with E-state index in [2.05, 4.69) is 14.8 Å². The smallest absolute Gasteiger partial charge is 0.489 e. The van der Waals surface area contributed by atoms with Crippen molar-refractivity contribution in [1.29, 1.82) is 0 Å². The number of carbonyl (C=O) groups excluding carboxylic acids is 2. The molecule has 1 heterocycles. The molecule has 2 aromatic carbocycles. The zero-order valence-corrected chi connectivity index (χ0v) is 20.6. The zero-order chi connectivity index (χ0) is 27.7. The van der Waals surface area contributed by atoms with Gasteiger partial charge in [-0.05, 0) is 50.3 Å². The van der Waals surface area contributed by atoms with Gasteiger partial charge in [0.25, 0.3) is 5.91 Å². The van der Waals surface area contributed by atoms with Gasteiger partial charge in [0.2, 0.25) is 5.75 Å². The molecule has 2 aromatic rings. The largest absolute Gasteiger partial charge is 0.586 e. The van der Waals surface area contributed by atoms with E-state index in [0.717, 1.165) is 30.4 Å². The number of nitrogens with one attached hydrogen (secondary N) is 1. The number of fused-ring (bicyclic) bond motifs is 1. The standard InChI is InChI=1S/C26H26F5NO6/c1-15-4-3-5-16(12-15)8-11-36-19-13-17(14-20-21(19)38-26(30,31)37-20)22(33)32-24(23(34)35-2)9-6-18(7-10-24)25(27,28)29/h3-5,12-14,18H,6-11H2,1-2H3,(H,32,33)/t18-,24-. The lowest BCUT2D eigenvalue weighted by molar-refractivity contribution is -0.287. The molecule has 2 aliphatic rings. The molecule has 0 bridgehead atoms. The monoisotopic (exact) mass is 543 g/mol. The summed E-state index contributed by atoms with van der Waals surface area (Å²) in [4.78, 5) is 25.7. The van der Waals surface area contributed by atoms with E-state index < -0.39 is 47.3 Å². The Labute approximate surface area is 215 Å². The van der Waals surface area contributed by atoms with Crippen LogP contribution in [-0.2, 0) is 16.0 Å². The van der Waals surface area contributed by atoms with Gasteiger partial charge in [-0.1, -0.05) is 29.8 Å². The number of benzene rings is 2. The summed E-state index contributed by atoms with van der Waals surface area (Å²) in [5, 5.41) is 2.48. The minimum atomic E-state index is -4.43. The molecule has 1 saturated carbocycles. The predicted molar refractivity (Wildman–Crippen MR) is 123 cm³/mol. The van der Waals surface area contributed by atoms with Crippen molar-refractivity contribution in [3.05, 3.63) is 53.1 Å². The average Bonchev–Trinajstić information content (AvgIpc) is 3.17. The number of halogens is 5. The van der Waals surface area contributed by atoms with Gasteiger partial charge in [-0.15, -0.1) is 8.78 Å². The highest BCUT2D eigenvalue weighted by molar-refractivity contribution is 5.99. The number of esters is 1.